The summed E-state index contributed by atoms with van der Waals surface area (Å²) < 4.78 is 27.0. The molecular formula is C19H20F2N2O. The zero-order valence-corrected chi connectivity index (χ0v) is 13.6. The molecule has 1 aliphatic rings. The molecule has 1 aromatic heterocycles. The normalized spacial score (nSPS) is 19.1. The third kappa shape index (κ3) is 3.45. The van der Waals surface area contributed by atoms with Crippen LogP contribution in [0.3, 0.4) is 0 Å². The Morgan fingerprint density at radius 3 is 2.88 bits per heavy atom. The van der Waals surface area contributed by atoms with E-state index in [9.17, 15) is 13.6 Å². The molecule has 2 unspecified atom stereocenters. The molecule has 126 valence electrons. The summed E-state index contributed by atoms with van der Waals surface area (Å²) in [5.41, 5.74) is 1.36. The van der Waals surface area contributed by atoms with E-state index in [0.29, 0.717) is 13.1 Å². The number of pyridine rings is 1. The number of hydrogen-bond acceptors (Lipinski definition) is 2. The molecule has 1 aromatic carbocycles. The monoisotopic (exact) mass is 330 g/mol. The van der Waals surface area contributed by atoms with Crippen LogP contribution in [-0.2, 0) is 4.79 Å². The van der Waals surface area contributed by atoms with Crippen LogP contribution in [-0.4, -0.2) is 28.9 Å². The van der Waals surface area contributed by atoms with E-state index in [4.69, 9.17) is 0 Å². The number of carbonyl (C=O) groups excluding carboxylic acids is 1. The van der Waals surface area contributed by atoms with E-state index < -0.39 is 17.6 Å². The SMILES string of the molecule is CC(C(=O)N1CCCC(c2cccnc2)C1)c1ccc(F)cc1F. The molecule has 1 fully saturated rings. The number of aromatic nitrogens is 1. The third-order valence-electron chi connectivity index (χ3n) is 4.69. The van der Waals surface area contributed by atoms with E-state index in [0.717, 1.165) is 24.5 Å². The number of piperidine rings is 1. The van der Waals surface area contributed by atoms with Gasteiger partial charge in [0.2, 0.25) is 5.91 Å². The van der Waals surface area contributed by atoms with Gasteiger partial charge in [-0.15, -0.1) is 0 Å². The number of rotatable bonds is 3. The maximum atomic E-state index is 14.0. The Kier molecular flexibility index (Phi) is 4.88. The molecule has 3 rings (SSSR count). The van der Waals surface area contributed by atoms with Crippen LogP contribution in [0.1, 0.15) is 42.7 Å². The fourth-order valence-electron chi connectivity index (χ4n) is 3.33. The van der Waals surface area contributed by atoms with Crippen molar-refractivity contribution in [3.05, 3.63) is 65.5 Å². The van der Waals surface area contributed by atoms with Gasteiger partial charge in [0.25, 0.3) is 0 Å². The molecule has 1 amide bonds. The summed E-state index contributed by atoms with van der Waals surface area (Å²) in [6.07, 6.45) is 5.48. The molecular weight excluding hydrogens is 310 g/mol. The van der Waals surface area contributed by atoms with Gasteiger partial charge in [0.15, 0.2) is 0 Å². The van der Waals surface area contributed by atoms with Gasteiger partial charge in [-0.3, -0.25) is 9.78 Å². The first kappa shape index (κ1) is 16.6. The van der Waals surface area contributed by atoms with Crippen molar-refractivity contribution in [2.45, 2.75) is 31.6 Å². The zero-order valence-electron chi connectivity index (χ0n) is 13.6. The second kappa shape index (κ2) is 7.07. The quantitative estimate of drug-likeness (QED) is 0.856. The topological polar surface area (TPSA) is 33.2 Å². The van der Waals surface area contributed by atoms with Gasteiger partial charge < -0.3 is 4.90 Å². The summed E-state index contributed by atoms with van der Waals surface area (Å²) >= 11 is 0. The number of benzene rings is 1. The highest BCUT2D eigenvalue weighted by molar-refractivity contribution is 5.83. The molecule has 1 saturated heterocycles. The second-order valence-corrected chi connectivity index (χ2v) is 6.30. The van der Waals surface area contributed by atoms with Crippen molar-refractivity contribution >= 4 is 5.91 Å². The van der Waals surface area contributed by atoms with Gasteiger partial charge in [-0.25, -0.2) is 8.78 Å². The van der Waals surface area contributed by atoms with Crippen LogP contribution in [0.2, 0.25) is 0 Å². The van der Waals surface area contributed by atoms with Crippen LogP contribution in [0.15, 0.2) is 42.7 Å². The van der Waals surface area contributed by atoms with Crippen molar-refractivity contribution < 1.29 is 13.6 Å². The van der Waals surface area contributed by atoms with Crippen LogP contribution in [0, 0.1) is 11.6 Å². The Morgan fingerprint density at radius 2 is 2.17 bits per heavy atom. The summed E-state index contributed by atoms with van der Waals surface area (Å²) in [4.78, 5) is 18.7. The summed E-state index contributed by atoms with van der Waals surface area (Å²) in [5.74, 6) is -1.80. The lowest BCUT2D eigenvalue weighted by Gasteiger charge is -2.34. The second-order valence-electron chi connectivity index (χ2n) is 6.30. The van der Waals surface area contributed by atoms with E-state index in [1.165, 1.54) is 12.1 Å². The van der Waals surface area contributed by atoms with Crippen molar-refractivity contribution in [2.24, 2.45) is 0 Å². The van der Waals surface area contributed by atoms with E-state index in [1.54, 1.807) is 18.0 Å². The Labute approximate surface area is 140 Å². The van der Waals surface area contributed by atoms with Gasteiger partial charge in [0, 0.05) is 43.0 Å². The highest BCUT2D eigenvalue weighted by Crippen LogP contribution is 2.29. The van der Waals surface area contributed by atoms with Crippen LogP contribution in [0.25, 0.3) is 0 Å². The zero-order chi connectivity index (χ0) is 17.1. The molecule has 0 bridgehead atoms. The minimum atomic E-state index is -0.670. The predicted molar refractivity (Wildman–Crippen MR) is 87.6 cm³/mol. The molecule has 3 nitrogen and oxygen atoms in total. The molecule has 5 heteroatoms. The number of likely N-dealkylation sites (tertiary alicyclic amines) is 1. The van der Waals surface area contributed by atoms with E-state index in [-0.39, 0.29) is 17.4 Å². The third-order valence-corrected chi connectivity index (χ3v) is 4.69. The molecule has 2 aromatic rings. The number of hydrogen-bond donors (Lipinski definition) is 0. The van der Waals surface area contributed by atoms with E-state index >= 15 is 0 Å². The molecule has 2 atom stereocenters. The number of nitrogens with zero attached hydrogens (tertiary/aromatic N) is 2. The Bertz CT molecular complexity index is 721. The number of amides is 1. The van der Waals surface area contributed by atoms with Crippen molar-refractivity contribution in [3.8, 4) is 0 Å². The van der Waals surface area contributed by atoms with Gasteiger partial charge >= 0.3 is 0 Å². The molecule has 24 heavy (non-hydrogen) atoms. The fourth-order valence-corrected chi connectivity index (χ4v) is 3.33. The van der Waals surface area contributed by atoms with Gasteiger partial charge in [0.05, 0.1) is 5.92 Å². The summed E-state index contributed by atoms with van der Waals surface area (Å²) in [6.45, 7) is 2.95. The molecule has 1 aliphatic heterocycles. The maximum Gasteiger partial charge on any atom is 0.229 e. The highest BCUT2D eigenvalue weighted by atomic mass is 19.1. The maximum absolute atomic E-state index is 14.0. The minimum Gasteiger partial charge on any atom is -0.342 e. The number of halogens is 2. The average Bonchev–Trinajstić information content (AvgIpc) is 2.61. The van der Waals surface area contributed by atoms with Gasteiger partial charge in [0.1, 0.15) is 11.6 Å². The molecule has 0 aliphatic carbocycles. The largest absolute Gasteiger partial charge is 0.342 e. The Morgan fingerprint density at radius 1 is 1.33 bits per heavy atom. The number of carbonyl (C=O) groups is 1. The van der Waals surface area contributed by atoms with Crippen molar-refractivity contribution in [2.75, 3.05) is 13.1 Å². The van der Waals surface area contributed by atoms with Crippen molar-refractivity contribution in [1.29, 1.82) is 0 Å². The van der Waals surface area contributed by atoms with Gasteiger partial charge in [-0.1, -0.05) is 12.1 Å². The fraction of sp³-hybridized carbons (Fsp3) is 0.368. The molecule has 0 spiro atoms. The van der Waals surface area contributed by atoms with E-state index in [1.807, 2.05) is 18.3 Å². The molecule has 2 heterocycles. The first-order chi connectivity index (χ1) is 11.6. The first-order valence-electron chi connectivity index (χ1n) is 8.20. The van der Waals surface area contributed by atoms with Crippen LogP contribution < -0.4 is 0 Å². The minimum absolute atomic E-state index is 0.117. The predicted octanol–water partition coefficient (Wildman–Crippen LogP) is 3.87. The summed E-state index contributed by atoms with van der Waals surface area (Å²) in [5, 5.41) is 0. The van der Waals surface area contributed by atoms with Crippen LogP contribution in [0.5, 0.6) is 0 Å². The summed E-state index contributed by atoms with van der Waals surface area (Å²) in [7, 11) is 0. The highest BCUT2D eigenvalue weighted by Gasteiger charge is 2.29. The van der Waals surface area contributed by atoms with Crippen molar-refractivity contribution in [1.82, 2.24) is 9.88 Å². The standard InChI is InChI=1S/C19H20F2N2O/c1-13(17-7-6-16(20)10-18(17)21)19(24)23-9-3-5-15(12-23)14-4-2-8-22-11-14/h2,4,6-8,10-11,13,15H,3,5,9,12H2,1H3. The molecule has 0 saturated carbocycles. The lowest BCUT2D eigenvalue weighted by atomic mass is 9.90. The summed E-state index contributed by atoms with van der Waals surface area (Å²) in [6, 6.07) is 7.29. The van der Waals surface area contributed by atoms with Crippen molar-refractivity contribution in [3.63, 3.8) is 0 Å². The van der Waals surface area contributed by atoms with Crippen LogP contribution in [0.4, 0.5) is 8.78 Å². The van der Waals surface area contributed by atoms with Gasteiger partial charge in [-0.05, 0) is 37.5 Å². The van der Waals surface area contributed by atoms with E-state index in [2.05, 4.69) is 4.98 Å². The average molecular weight is 330 g/mol. The lowest BCUT2D eigenvalue weighted by molar-refractivity contribution is -0.133. The lowest BCUT2D eigenvalue weighted by Crippen LogP contribution is -2.41. The smallest absolute Gasteiger partial charge is 0.229 e. The Hall–Kier alpha value is -2.30. The molecule has 0 N–H and O–H groups in total. The van der Waals surface area contributed by atoms with Crippen LogP contribution >= 0.6 is 0 Å². The molecule has 0 radical (unpaired) electrons. The first-order valence-corrected chi connectivity index (χ1v) is 8.20. The Balaban J connectivity index is 1.74. The van der Waals surface area contributed by atoms with Gasteiger partial charge in [-0.2, -0.15) is 0 Å².